The molecule has 1 aliphatic heterocycles. The van der Waals surface area contributed by atoms with Gasteiger partial charge in [0.25, 0.3) is 11.8 Å². The molecule has 1 aliphatic rings. The number of para-hydroxylation sites is 1. The van der Waals surface area contributed by atoms with Crippen LogP contribution in [0, 0.1) is 20.8 Å². The second-order valence-corrected chi connectivity index (χ2v) is 9.46. The van der Waals surface area contributed by atoms with Gasteiger partial charge in [-0.1, -0.05) is 25.1 Å². The second-order valence-electron chi connectivity index (χ2n) is 8.48. The number of aryl methyl sites for hydroxylation is 3. The van der Waals surface area contributed by atoms with Crippen molar-refractivity contribution in [3.8, 4) is 5.75 Å². The lowest BCUT2D eigenvalue weighted by atomic mass is 10.1. The third-order valence-corrected chi connectivity index (χ3v) is 6.36. The van der Waals surface area contributed by atoms with Crippen molar-refractivity contribution >= 4 is 40.9 Å². The number of nitrogens with one attached hydrogen (secondary N) is 1. The van der Waals surface area contributed by atoms with Crippen LogP contribution in [0.15, 0.2) is 64.3 Å². The fraction of sp³-hybridized carbons (Fsp3) is 0.222. The zero-order valence-corrected chi connectivity index (χ0v) is 21.7. The molecule has 9 nitrogen and oxygen atoms in total. The molecule has 2 aromatic carbocycles. The first kappa shape index (κ1) is 25.9. The lowest BCUT2D eigenvalue weighted by Gasteiger charge is -2.18. The minimum absolute atomic E-state index is 0.0348. The molecule has 1 aromatic heterocycles. The summed E-state index contributed by atoms with van der Waals surface area (Å²) in [5, 5.41) is 13.6. The number of esters is 1. The van der Waals surface area contributed by atoms with Gasteiger partial charge in [-0.2, -0.15) is 0 Å². The number of phenols is 1. The molecule has 0 spiro atoms. The summed E-state index contributed by atoms with van der Waals surface area (Å²) in [7, 11) is 0. The fourth-order valence-corrected chi connectivity index (χ4v) is 4.74. The van der Waals surface area contributed by atoms with Crippen LogP contribution in [-0.4, -0.2) is 39.5 Å². The van der Waals surface area contributed by atoms with Gasteiger partial charge in [0, 0.05) is 11.4 Å². The van der Waals surface area contributed by atoms with E-state index >= 15 is 0 Å². The van der Waals surface area contributed by atoms with Gasteiger partial charge in [-0.25, -0.2) is 19.7 Å². The molecule has 0 atom stereocenters. The summed E-state index contributed by atoms with van der Waals surface area (Å²) in [4.78, 5) is 50.0. The number of hydrogen-bond acceptors (Lipinski definition) is 9. The normalized spacial score (nSPS) is 13.4. The number of imide groups is 1. The molecule has 0 unspecified atom stereocenters. The van der Waals surface area contributed by atoms with E-state index in [2.05, 4.69) is 15.3 Å². The summed E-state index contributed by atoms with van der Waals surface area (Å²) in [6.07, 6.45) is 0.627. The molecule has 3 aromatic rings. The highest BCUT2D eigenvalue weighted by molar-refractivity contribution is 8.04. The first-order valence-corrected chi connectivity index (χ1v) is 12.5. The summed E-state index contributed by atoms with van der Waals surface area (Å²) in [5.74, 6) is -2.06. The Morgan fingerprint density at radius 3 is 2.43 bits per heavy atom. The number of amides is 2. The van der Waals surface area contributed by atoms with Crippen molar-refractivity contribution in [2.45, 2.75) is 39.3 Å². The summed E-state index contributed by atoms with van der Waals surface area (Å²) in [6, 6.07) is 13.0. The predicted octanol–water partition coefficient (Wildman–Crippen LogP) is 4.66. The highest BCUT2D eigenvalue weighted by atomic mass is 32.2. The van der Waals surface area contributed by atoms with Crippen molar-refractivity contribution in [3.63, 3.8) is 0 Å². The number of hydrogen-bond donors (Lipinski definition) is 2. The quantitative estimate of drug-likeness (QED) is 0.190. The van der Waals surface area contributed by atoms with E-state index in [-0.39, 0.29) is 39.9 Å². The van der Waals surface area contributed by atoms with E-state index in [9.17, 15) is 19.5 Å². The zero-order valence-electron chi connectivity index (χ0n) is 20.9. The maximum absolute atomic E-state index is 13.7. The lowest BCUT2D eigenvalue weighted by molar-refractivity contribution is -0.120. The molecule has 0 aliphatic carbocycles. The number of aromatic nitrogens is 2. The van der Waals surface area contributed by atoms with Crippen LogP contribution >= 0.6 is 11.8 Å². The van der Waals surface area contributed by atoms with Gasteiger partial charge in [0.2, 0.25) is 0 Å². The minimum Gasteiger partial charge on any atom is -0.506 e. The van der Waals surface area contributed by atoms with E-state index in [1.54, 1.807) is 30.3 Å². The number of carbonyl (C=O) groups is 3. The number of aromatic hydroxyl groups is 1. The molecule has 0 bridgehead atoms. The Hall–Kier alpha value is -4.18. The van der Waals surface area contributed by atoms with Gasteiger partial charge in [0.1, 0.15) is 16.4 Å². The number of ether oxygens (including phenoxy) is 1. The van der Waals surface area contributed by atoms with Crippen LogP contribution in [0.4, 0.5) is 11.4 Å². The van der Waals surface area contributed by atoms with Gasteiger partial charge >= 0.3 is 5.97 Å². The van der Waals surface area contributed by atoms with E-state index < -0.39 is 17.8 Å². The molecule has 4 rings (SSSR count). The first-order chi connectivity index (χ1) is 17.7. The van der Waals surface area contributed by atoms with Crippen LogP contribution in [0.3, 0.4) is 0 Å². The Kier molecular flexibility index (Phi) is 7.58. The van der Waals surface area contributed by atoms with E-state index in [1.165, 1.54) is 18.2 Å². The van der Waals surface area contributed by atoms with Crippen LogP contribution in [0.1, 0.15) is 40.7 Å². The third-order valence-electron chi connectivity index (χ3n) is 5.41. The van der Waals surface area contributed by atoms with Gasteiger partial charge in [-0.15, -0.1) is 0 Å². The smallest absolute Gasteiger partial charge is 0.340 e. The van der Waals surface area contributed by atoms with Gasteiger partial charge in [0.05, 0.1) is 23.5 Å². The summed E-state index contributed by atoms with van der Waals surface area (Å²) in [5.41, 5.74) is 2.64. The second kappa shape index (κ2) is 10.8. The molecule has 37 heavy (non-hydrogen) atoms. The topological polar surface area (TPSA) is 122 Å². The molecular formula is C27H26N4O5S. The number of rotatable bonds is 8. The molecular weight excluding hydrogens is 492 g/mol. The number of anilines is 2. The van der Waals surface area contributed by atoms with Crippen LogP contribution in [-0.2, 0) is 14.3 Å². The average Bonchev–Trinajstić information content (AvgIpc) is 3.08. The van der Waals surface area contributed by atoms with E-state index in [0.29, 0.717) is 23.0 Å². The van der Waals surface area contributed by atoms with E-state index in [0.717, 1.165) is 22.2 Å². The molecule has 2 heterocycles. The molecule has 0 fully saturated rings. The number of phenolic OH excluding ortho intramolecular Hbond substituents is 1. The van der Waals surface area contributed by atoms with Gasteiger partial charge < -0.3 is 15.2 Å². The van der Waals surface area contributed by atoms with Crippen molar-refractivity contribution in [2.24, 2.45) is 0 Å². The van der Waals surface area contributed by atoms with Crippen molar-refractivity contribution in [1.82, 2.24) is 9.97 Å². The minimum atomic E-state index is -0.687. The van der Waals surface area contributed by atoms with Gasteiger partial charge in [-0.3, -0.25) is 9.59 Å². The maximum atomic E-state index is 13.7. The zero-order chi connectivity index (χ0) is 26.7. The summed E-state index contributed by atoms with van der Waals surface area (Å²) < 4.78 is 5.27. The van der Waals surface area contributed by atoms with Crippen LogP contribution < -0.4 is 10.2 Å². The number of carbonyl (C=O) groups excluding carboxylic acids is 3. The van der Waals surface area contributed by atoms with Gasteiger partial charge in [-0.05, 0) is 74.8 Å². The van der Waals surface area contributed by atoms with Crippen molar-refractivity contribution < 1.29 is 24.2 Å². The van der Waals surface area contributed by atoms with Crippen molar-refractivity contribution in [1.29, 1.82) is 0 Å². The molecule has 0 saturated heterocycles. The Labute approximate surface area is 218 Å². The van der Waals surface area contributed by atoms with Crippen molar-refractivity contribution in [2.75, 3.05) is 16.8 Å². The van der Waals surface area contributed by atoms with Crippen LogP contribution in [0.5, 0.6) is 5.75 Å². The molecule has 2 N–H and O–H groups in total. The largest absolute Gasteiger partial charge is 0.506 e. The van der Waals surface area contributed by atoms with Crippen LogP contribution in [0.2, 0.25) is 0 Å². The molecule has 190 valence electrons. The Morgan fingerprint density at radius 1 is 1.03 bits per heavy atom. The summed E-state index contributed by atoms with van der Waals surface area (Å²) >= 11 is 0.940. The standard InChI is InChI=1S/C27H26N4O5S/c1-5-12-36-26(35)18-8-6-7-9-20(18)31-24(33)22(30-19-13-15(2)10-11-21(19)32)23(25(31)34)37-27-28-16(3)14-17(4)29-27/h6-11,13-14,30,32H,5,12H2,1-4H3. The van der Waals surface area contributed by atoms with E-state index in [1.807, 2.05) is 27.7 Å². The average molecular weight is 519 g/mol. The molecule has 2 amide bonds. The number of thioether (sulfide) groups is 1. The summed E-state index contributed by atoms with van der Waals surface area (Å²) in [6.45, 7) is 7.53. The number of benzene rings is 2. The lowest BCUT2D eigenvalue weighted by Crippen LogP contribution is -2.33. The predicted molar refractivity (Wildman–Crippen MR) is 140 cm³/mol. The highest BCUT2D eigenvalue weighted by Crippen LogP contribution is 2.39. The SMILES string of the molecule is CCCOC(=O)c1ccccc1N1C(=O)C(Nc2cc(C)ccc2O)=C(Sc2nc(C)cc(C)n2)C1=O. The molecule has 10 heteroatoms. The molecule has 0 saturated carbocycles. The van der Waals surface area contributed by atoms with Crippen LogP contribution in [0.25, 0.3) is 0 Å². The fourth-order valence-electron chi connectivity index (χ4n) is 3.76. The van der Waals surface area contributed by atoms with Crippen molar-refractivity contribution in [3.05, 3.63) is 81.6 Å². The number of nitrogens with zero attached hydrogens (tertiary/aromatic N) is 3. The van der Waals surface area contributed by atoms with E-state index in [4.69, 9.17) is 4.74 Å². The Morgan fingerprint density at radius 2 is 1.73 bits per heavy atom. The highest BCUT2D eigenvalue weighted by Gasteiger charge is 2.42. The first-order valence-electron chi connectivity index (χ1n) is 11.7. The maximum Gasteiger partial charge on any atom is 0.340 e. The molecule has 0 radical (unpaired) electrons. The third kappa shape index (κ3) is 5.49. The van der Waals surface area contributed by atoms with Gasteiger partial charge in [0.15, 0.2) is 5.16 Å². The Balaban J connectivity index is 1.80. The Bertz CT molecular complexity index is 1420. The monoisotopic (exact) mass is 518 g/mol.